The van der Waals surface area contributed by atoms with E-state index in [4.69, 9.17) is 0 Å². The second kappa shape index (κ2) is 7.39. The lowest BCUT2D eigenvalue weighted by Gasteiger charge is -2.25. The first-order chi connectivity index (χ1) is 12.3. The van der Waals surface area contributed by atoms with Crippen LogP contribution in [0.4, 0.5) is 13.2 Å². The molecular formula is C19H20F3NO2S. The quantitative estimate of drug-likeness (QED) is 0.764. The number of sulfone groups is 1. The van der Waals surface area contributed by atoms with E-state index in [9.17, 15) is 21.6 Å². The van der Waals surface area contributed by atoms with Gasteiger partial charge in [0.05, 0.1) is 16.8 Å². The molecule has 1 aliphatic carbocycles. The van der Waals surface area contributed by atoms with Crippen molar-refractivity contribution in [1.29, 1.82) is 0 Å². The number of aromatic nitrogens is 1. The SMILES string of the molecule is CC1CCC(CS(=O)(=O)c2ccc(-c3ncc(F)cc3F)c(F)c2)CC1. The van der Waals surface area contributed by atoms with Crippen LogP contribution in [0.15, 0.2) is 35.4 Å². The summed E-state index contributed by atoms with van der Waals surface area (Å²) in [5.41, 5.74) is -0.554. The Kier molecular flexibility index (Phi) is 5.37. The lowest BCUT2D eigenvalue weighted by Crippen LogP contribution is -2.21. The van der Waals surface area contributed by atoms with Crippen molar-refractivity contribution in [3.8, 4) is 11.3 Å². The number of hydrogen-bond acceptors (Lipinski definition) is 3. The average Bonchev–Trinajstić information content (AvgIpc) is 2.57. The Hall–Kier alpha value is -1.89. The summed E-state index contributed by atoms with van der Waals surface area (Å²) in [5, 5.41) is 0. The molecule has 26 heavy (non-hydrogen) atoms. The molecule has 3 nitrogen and oxygen atoms in total. The molecule has 0 unspecified atom stereocenters. The first-order valence-corrected chi connectivity index (χ1v) is 10.2. The van der Waals surface area contributed by atoms with Gasteiger partial charge in [0.25, 0.3) is 0 Å². The molecule has 0 N–H and O–H groups in total. The Bertz CT molecular complexity index is 907. The van der Waals surface area contributed by atoms with Crippen LogP contribution < -0.4 is 0 Å². The maximum absolute atomic E-state index is 14.4. The van der Waals surface area contributed by atoms with Crippen LogP contribution in [0.25, 0.3) is 11.3 Å². The fourth-order valence-electron chi connectivity index (χ4n) is 3.40. The smallest absolute Gasteiger partial charge is 0.178 e. The van der Waals surface area contributed by atoms with Gasteiger partial charge in [-0.1, -0.05) is 19.8 Å². The zero-order chi connectivity index (χ0) is 18.9. The van der Waals surface area contributed by atoms with E-state index >= 15 is 0 Å². The Morgan fingerprint density at radius 2 is 1.73 bits per heavy atom. The largest absolute Gasteiger partial charge is 0.250 e. The number of halogens is 3. The third kappa shape index (κ3) is 4.09. The minimum atomic E-state index is -3.63. The van der Waals surface area contributed by atoms with Crippen LogP contribution in [0.3, 0.4) is 0 Å². The van der Waals surface area contributed by atoms with Crippen LogP contribution in [-0.2, 0) is 9.84 Å². The van der Waals surface area contributed by atoms with Gasteiger partial charge >= 0.3 is 0 Å². The van der Waals surface area contributed by atoms with Crippen molar-refractivity contribution in [2.45, 2.75) is 37.5 Å². The molecule has 1 fully saturated rings. The Morgan fingerprint density at radius 1 is 1.04 bits per heavy atom. The molecule has 0 aliphatic heterocycles. The molecule has 1 saturated carbocycles. The van der Waals surface area contributed by atoms with E-state index in [0.717, 1.165) is 37.9 Å². The standard InChI is InChI=1S/C19H20F3NO2S/c1-12-2-4-13(5-3-12)11-26(24,25)15-6-7-16(17(21)9-15)19-18(22)8-14(20)10-23-19/h6-10,12-13H,2-5,11H2,1H3. The van der Waals surface area contributed by atoms with Gasteiger partial charge in [-0.25, -0.2) is 21.6 Å². The maximum Gasteiger partial charge on any atom is 0.178 e. The summed E-state index contributed by atoms with van der Waals surface area (Å²) in [4.78, 5) is 3.44. The molecule has 1 aliphatic rings. The zero-order valence-electron chi connectivity index (χ0n) is 14.4. The number of benzene rings is 1. The molecule has 2 aromatic rings. The number of hydrogen-bond donors (Lipinski definition) is 0. The Labute approximate surface area is 151 Å². The fourth-order valence-corrected chi connectivity index (χ4v) is 5.10. The van der Waals surface area contributed by atoms with Crippen molar-refractivity contribution >= 4 is 9.84 Å². The van der Waals surface area contributed by atoms with Crippen molar-refractivity contribution in [2.24, 2.45) is 11.8 Å². The topological polar surface area (TPSA) is 47.0 Å². The summed E-state index contributed by atoms with van der Waals surface area (Å²) < 4.78 is 66.3. The van der Waals surface area contributed by atoms with E-state index in [0.29, 0.717) is 12.0 Å². The summed E-state index contributed by atoms with van der Waals surface area (Å²) in [7, 11) is -3.63. The first-order valence-electron chi connectivity index (χ1n) is 8.60. The van der Waals surface area contributed by atoms with Gasteiger partial charge in [-0.15, -0.1) is 0 Å². The highest BCUT2D eigenvalue weighted by molar-refractivity contribution is 7.91. The van der Waals surface area contributed by atoms with Crippen LogP contribution in [0, 0.1) is 29.3 Å². The molecule has 1 aromatic heterocycles. The normalized spacial score (nSPS) is 20.9. The summed E-state index contributed by atoms with van der Waals surface area (Å²) in [6.07, 6.45) is 4.50. The van der Waals surface area contributed by atoms with Crippen molar-refractivity contribution in [3.05, 3.63) is 47.9 Å². The fraction of sp³-hybridized carbons (Fsp3) is 0.421. The highest BCUT2D eigenvalue weighted by atomic mass is 32.2. The molecular weight excluding hydrogens is 363 g/mol. The van der Waals surface area contributed by atoms with Gasteiger partial charge in [-0.2, -0.15) is 0 Å². The predicted octanol–water partition coefficient (Wildman–Crippen LogP) is 4.77. The van der Waals surface area contributed by atoms with Crippen molar-refractivity contribution < 1.29 is 21.6 Å². The molecule has 1 heterocycles. The highest BCUT2D eigenvalue weighted by Crippen LogP contribution is 2.32. The van der Waals surface area contributed by atoms with Gasteiger partial charge in [0.1, 0.15) is 17.3 Å². The minimum Gasteiger partial charge on any atom is -0.250 e. The summed E-state index contributed by atoms with van der Waals surface area (Å²) >= 11 is 0. The predicted molar refractivity (Wildman–Crippen MR) is 92.7 cm³/mol. The number of pyridine rings is 1. The monoisotopic (exact) mass is 383 g/mol. The van der Waals surface area contributed by atoms with Gasteiger partial charge < -0.3 is 0 Å². The molecule has 7 heteroatoms. The maximum atomic E-state index is 14.4. The van der Waals surface area contributed by atoms with Crippen molar-refractivity contribution in [1.82, 2.24) is 4.98 Å². The molecule has 3 rings (SSSR count). The second-order valence-corrected chi connectivity index (χ2v) is 9.07. The second-order valence-electron chi connectivity index (χ2n) is 7.03. The van der Waals surface area contributed by atoms with Crippen LogP contribution in [0.1, 0.15) is 32.6 Å². The molecule has 1 aromatic carbocycles. The average molecular weight is 383 g/mol. The van der Waals surface area contributed by atoms with Crippen molar-refractivity contribution in [2.75, 3.05) is 5.75 Å². The van der Waals surface area contributed by atoms with Gasteiger partial charge in [0.2, 0.25) is 0 Å². The van der Waals surface area contributed by atoms with E-state index < -0.39 is 27.3 Å². The van der Waals surface area contributed by atoms with Crippen molar-refractivity contribution in [3.63, 3.8) is 0 Å². The molecule has 0 amide bonds. The van der Waals surface area contributed by atoms with E-state index in [-0.39, 0.29) is 27.8 Å². The summed E-state index contributed by atoms with van der Waals surface area (Å²) in [5.74, 6) is -2.09. The van der Waals surface area contributed by atoms with Crippen LogP contribution in [-0.4, -0.2) is 19.2 Å². The van der Waals surface area contributed by atoms with E-state index in [1.165, 1.54) is 12.1 Å². The van der Waals surface area contributed by atoms with Gasteiger partial charge in [-0.3, -0.25) is 4.98 Å². The zero-order valence-corrected chi connectivity index (χ0v) is 15.2. The summed E-state index contributed by atoms with van der Waals surface area (Å²) in [6, 6.07) is 3.93. The molecule has 0 bridgehead atoms. The molecule has 0 saturated heterocycles. The number of rotatable bonds is 4. The highest BCUT2D eigenvalue weighted by Gasteiger charge is 2.26. The molecule has 140 valence electrons. The van der Waals surface area contributed by atoms with Crippen LogP contribution >= 0.6 is 0 Å². The van der Waals surface area contributed by atoms with Gasteiger partial charge in [0.15, 0.2) is 15.7 Å². The van der Waals surface area contributed by atoms with E-state index in [2.05, 4.69) is 11.9 Å². The minimum absolute atomic E-state index is 0.0122. The third-order valence-corrected chi connectivity index (χ3v) is 6.84. The lowest BCUT2D eigenvalue weighted by atomic mass is 9.84. The van der Waals surface area contributed by atoms with E-state index in [1.54, 1.807) is 0 Å². The van der Waals surface area contributed by atoms with Crippen LogP contribution in [0.5, 0.6) is 0 Å². The van der Waals surface area contributed by atoms with Crippen LogP contribution in [0.2, 0.25) is 0 Å². The summed E-state index contributed by atoms with van der Waals surface area (Å²) in [6.45, 7) is 2.15. The van der Waals surface area contributed by atoms with Gasteiger partial charge in [-0.05, 0) is 42.9 Å². The number of nitrogens with zero attached hydrogens (tertiary/aromatic N) is 1. The third-order valence-electron chi connectivity index (χ3n) is 4.95. The first kappa shape index (κ1) is 18.9. The Morgan fingerprint density at radius 3 is 2.35 bits per heavy atom. The lowest BCUT2D eigenvalue weighted by molar-refractivity contribution is 0.308. The Balaban J connectivity index is 1.84. The molecule has 0 spiro atoms. The van der Waals surface area contributed by atoms with E-state index in [1.807, 2.05) is 0 Å². The molecule has 0 radical (unpaired) electrons. The molecule has 0 atom stereocenters. The van der Waals surface area contributed by atoms with Gasteiger partial charge in [0, 0.05) is 11.6 Å².